The summed E-state index contributed by atoms with van der Waals surface area (Å²) in [6, 6.07) is 0. The molecule has 0 saturated heterocycles. The van der Waals surface area contributed by atoms with Gasteiger partial charge in [0.2, 0.25) is 0 Å². The van der Waals surface area contributed by atoms with E-state index in [1.54, 1.807) is 0 Å². The second kappa shape index (κ2) is 8.85. The minimum atomic E-state index is -0.309. The lowest BCUT2D eigenvalue weighted by Gasteiger charge is -2.62. The Balaban J connectivity index is 1.45. The Kier molecular flexibility index (Phi) is 6.67. The van der Waals surface area contributed by atoms with Crippen LogP contribution in [0.15, 0.2) is 0 Å². The number of rotatable bonds is 5. The lowest BCUT2D eigenvalue weighted by molar-refractivity contribution is -0.174. The van der Waals surface area contributed by atoms with E-state index in [1.165, 1.54) is 25.7 Å². The molecule has 10 atom stereocenters. The lowest BCUT2D eigenvalue weighted by Crippen LogP contribution is -2.58. The Labute approximate surface area is 188 Å². The molecule has 0 aromatic heterocycles. The van der Waals surface area contributed by atoms with Crippen LogP contribution < -0.4 is 5.32 Å². The number of nitrogens with one attached hydrogen (secondary N) is 1. The van der Waals surface area contributed by atoms with Crippen molar-refractivity contribution in [3.05, 3.63) is 0 Å². The maximum absolute atomic E-state index is 11.6. The van der Waals surface area contributed by atoms with Crippen LogP contribution in [0.2, 0.25) is 0 Å². The van der Waals surface area contributed by atoms with Crippen molar-refractivity contribution in [2.75, 3.05) is 13.2 Å². The van der Waals surface area contributed by atoms with Gasteiger partial charge in [0.15, 0.2) is 0 Å². The average Bonchev–Trinajstić information content (AvgIpc) is 3.06. The number of amides is 1. The maximum atomic E-state index is 11.6. The molecule has 4 aliphatic carbocycles. The molecule has 4 saturated carbocycles. The summed E-state index contributed by atoms with van der Waals surface area (Å²) in [5.41, 5.74) is 0.584. The predicted octanol–water partition coefficient (Wildman–Crippen LogP) is 4.75. The van der Waals surface area contributed by atoms with Gasteiger partial charge >= 0.3 is 6.09 Å². The van der Waals surface area contributed by atoms with Gasteiger partial charge in [-0.3, -0.25) is 0 Å². The van der Waals surface area contributed by atoms with Crippen molar-refractivity contribution in [2.45, 2.75) is 97.7 Å². The molecule has 0 spiro atoms. The number of carbonyl (C=O) groups excluding carboxylic acids is 1. The molecule has 0 bridgehead atoms. The molecule has 0 heterocycles. The summed E-state index contributed by atoms with van der Waals surface area (Å²) in [7, 11) is 0. The molecule has 5 nitrogen and oxygen atoms in total. The van der Waals surface area contributed by atoms with Gasteiger partial charge in [0, 0.05) is 6.54 Å². The summed E-state index contributed by atoms with van der Waals surface area (Å²) in [5.74, 6) is 3.32. The molecular formula is C26H45NO4. The minimum absolute atomic E-state index is 0.171. The van der Waals surface area contributed by atoms with Crippen LogP contribution in [0, 0.1) is 46.3 Å². The summed E-state index contributed by atoms with van der Waals surface area (Å²) in [6.07, 6.45) is 9.08. The fourth-order valence-corrected chi connectivity index (χ4v) is 8.96. The first-order valence-corrected chi connectivity index (χ1v) is 13.0. The smallest absolute Gasteiger partial charge is 0.407 e. The average molecular weight is 436 g/mol. The zero-order valence-corrected chi connectivity index (χ0v) is 20.1. The predicted molar refractivity (Wildman–Crippen MR) is 121 cm³/mol. The van der Waals surface area contributed by atoms with Gasteiger partial charge in [-0.2, -0.15) is 0 Å². The fraction of sp³-hybridized carbons (Fsp3) is 0.962. The van der Waals surface area contributed by atoms with E-state index < -0.39 is 0 Å². The third kappa shape index (κ3) is 4.03. The van der Waals surface area contributed by atoms with Gasteiger partial charge in [0.1, 0.15) is 0 Å². The molecule has 0 aromatic carbocycles. The van der Waals surface area contributed by atoms with Crippen LogP contribution in [0.25, 0.3) is 0 Å². The molecule has 31 heavy (non-hydrogen) atoms. The zero-order valence-electron chi connectivity index (χ0n) is 20.1. The van der Waals surface area contributed by atoms with Crippen LogP contribution in [-0.2, 0) is 4.74 Å². The Morgan fingerprint density at radius 2 is 1.77 bits per heavy atom. The number of ether oxygens (including phenoxy) is 1. The van der Waals surface area contributed by atoms with Crippen molar-refractivity contribution in [1.82, 2.24) is 5.32 Å². The monoisotopic (exact) mass is 435 g/mol. The van der Waals surface area contributed by atoms with Gasteiger partial charge < -0.3 is 20.3 Å². The van der Waals surface area contributed by atoms with Crippen LogP contribution in [0.5, 0.6) is 0 Å². The van der Waals surface area contributed by atoms with E-state index in [9.17, 15) is 15.0 Å². The third-order valence-corrected chi connectivity index (χ3v) is 10.6. The second-order valence-corrected chi connectivity index (χ2v) is 11.9. The molecular weight excluding hydrogens is 390 g/mol. The molecule has 4 rings (SSSR count). The first-order valence-electron chi connectivity index (χ1n) is 13.0. The van der Waals surface area contributed by atoms with Crippen molar-refractivity contribution in [1.29, 1.82) is 0 Å². The molecule has 0 aliphatic heterocycles. The van der Waals surface area contributed by atoms with E-state index >= 15 is 0 Å². The summed E-state index contributed by atoms with van der Waals surface area (Å²) < 4.78 is 4.99. The van der Waals surface area contributed by atoms with E-state index in [4.69, 9.17) is 4.74 Å². The number of hydrogen-bond acceptors (Lipinski definition) is 4. The van der Waals surface area contributed by atoms with Crippen LogP contribution in [-0.4, -0.2) is 41.7 Å². The molecule has 178 valence electrons. The Bertz CT molecular complexity index is 655. The van der Waals surface area contributed by atoms with Gasteiger partial charge in [0.05, 0.1) is 18.8 Å². The van der Waals surface area contributed by atoms with Crippen molar-refractivity contribution in [3.63, 3.8) is 0 Å². The van der Waals surface area contributed by atoms with E-state index in [-0.39, 0.29) is 23.7 Å². The van der Waals surface area contributed by atoms with Crippen LogP contribution >= 0.6 is 0 Å². The topological polar surface area (TPSA) is 78.8 Å². The quantitative estimate of drug-likeness (QED) is 0.582. The van der Waals surface area contributed by atoms with E-state index in [0.29, 0.717) is 54.1 Å². The van der Waals surface area contributed by atoms with E-state index in [1.807, 2.05) is 6.92 Å². The normalized spacial score (nSPS) is 47.6. The Hall–Kier alpha value is -0.810. The highest BCUT2D eigenvalue weighted by atomic mass is 16.5. The maximum Gasteiger partial charge on any atom is 0.407 e. The molecule has 0 aromatic rings. The summed E-state index contributed by atoms with van der Waals surface area (Å²) in [6.45, 7) is 10.3. The van der Waals surface area contributed by atoms with Gasteiger partial charge in [-0.1, -0.05) is 20.8 Å². The van der Waals surface area contributed by atoms with Crippen molar-refractivity contribution in [2.24, 2.45) is 46.3 Å². The highest BCUT2D eigenvalue weighted by molar-refractivity contribution is 5.66. The number of aliphatic hydroxyl groups excluding tert-OH is 2. The Morgan fingerprint density at radius 1 is 1.06 bits per heavy atom. The van der Waals surface area contributed by atoms with Crippen molar-refractivity contribution in [3.8, 4) is 0 Å². The van der Waals surface area contributed by atoms with Gasteiger partial charge in [-0.05, 0) is 111 Å². The number of alkyl carbamates (subject to hydrolysis) is 1. The van der Waals surface area contributed by atoms with Gasteiger partial charge in [-0.25, -0.2) is 4.79 Å². The molecule has 3 N–H and O–H groups in total. The molecule has 4 aliphatic rings. The van der Waals surface area contributed by atoms with Crippen molar-refractivity contribution >= 4 is 6.09 Å². The first-order chi connectivity index (χ1) is 14.7. The molecule has 0 unspecified atom stereocenters. The highest BCUT2D eigenvalue weighted by Crippen LogP contribution is 2.68. The van der Waals surface area contributed by atoms with Crippen LogP contribution in [0.3, 0.4) is 0 Å². The molecule has 1 amide bonds. The number of fused-ring (bicyclic) bond motifs is 5. The van der Waals surface area contributed by atoms with Gasteiger partial charge in [0.25, 0.3) is 0 Å². The number of carbonyl (C=O) groups is 1. The SMILES string of the molecule is CCOC(=O)NCC[C@@H](C)[C@H]1CC[C@H]2[C@@H]3[C@H](O)C[C@@H]4C[C@H](O)CC[C@]4(C)[C@H]3CC[C@]12C. The number of hydrogen-bond donors (Lipinski definition) is 3. The summed E-state index contributed by atoms with van der Waals surface area (Å²) >= 11 is 0. The number of aliphatic hydroxyl groups is 2. The first kappa shape index (κ1) is 23.4. The van der Waals surface area contributed by atoms with Crippen LogP contribution in [0.1, 0.15) is 85.5 Å². The summed E-state index contributed by atoms with van der Waals surface area (Å²) in [4.78, 5) is 11.6. The highest BCUT2D eigenvalue weighted by Gasteiger charge is 2.62. The summed E-state index contributed by atoms with van der Waals surface area (Å²) in [5, 5.41) is 24.5. The van der Waals surface area contributed by atoms with Gasteiger partial charge in [-0.15, -0.1) is 0 Å². The molecule has 0 radical (unpaired) electrons. The van der Waals surface area contributed by atoms with Crippen LogP contribution in [0.4, 0.5) is 4.79 Å². The van der Waals surface area contributed by atoms with E-state index in [2.05, 4.69) is 26.1 Å². The zero-order chi connectivity index (χ0) is 22.4. The molecule has 5 heteroatoms. The van der Waals surface area contributed by atoms with Crippen molar-refractivity contribution < 1.29 is 19.7 Å². The standard InChI is InChI=1S/C26H45NO4/c1-5-31-24(30)27-13-10-16(2)19-6-7-20-23-21(9-12-26(19,20)4)25(3)11-8-18(28)14-17(25)15-22(23)29/h16-23,28-29H,5-15H2,1-4H3,(H,27,30)/t16-,17+,18-,19-,20+,21+,22-,23+,25+,26-/m1/s1. The van der Waals surface area contributed by atoms with E-state index in [0.717, 1.165) is 32.1 Å². The largest absolute Gasteiger partial charge is 0.450 e. The third-order valence-electron chi connectivity index (χ3n) is 10.6. The Morgan fingerprint density at radius 3 is 2.52 bits per heavy atom. The fourth-order valence-electron chi connectivity index (χ4n) is 8.96. The molecule has 4 fully saturated rings. The minimum Gasteiger partial charge on any atom is -0.450 e. The lowest BCUT2D eigenvalue weighted by atomic mass is 9.43. The second-order valence-electron chi connectivity index (χ2n) is 11.9.